The molecule has 0 aliphatic heterocycles. The molecule has 0 fully saturated rings. The zero-order valence-corrected chi connectivity index (χ0v) is 15.8. The normalized spacial score (nSPS) is 11.3. The number of benzene rings is 2. The molecule has 6 nitrogen and oxygen atoms in total. The molecule has 0 aliphatic carbocycles. The highest BCUT2D eigenvalue weighted by Crippen LogP contribution is 2.18. The van der Waals surface area contributed by atoms with Crippen LogP contribution in [0.1, 0.15) is 11.3 Å². The number of oxazole rings is 1. The molecular formula is C21H24N4O2. The van der Waals surface area contributed by atoms with Crippen molar-refractivity contribution >= 4 is 5.96 Å². The summed E-state index contributed by atoms with van der Waals surface area (Å²) in [6.07, 6.45) is 1.67. The number of aromatic nitrogens is 1. The van der Waals surface area contributed by atoms with Gasteiger partial charge in [-0.05, 0) is 29.8 Å². The quantitative estimate of drug-likeness (QED) is 0.535. The molecule has 1 N–H and O–H groups in total. The largest absolute Gasteiger partial charge is 0.497 e. The third-order valence-electron chi connectivity index (χ3n) is 4.15. The lowest BCUT2D eigenvalue weighted by molar-refractivity contribution is 0.414. The van der Waals surface area contributed by atoms with Crippen molar-refractivity contribution in [3.63, 3.8) is 0 Å². The monoisotopic (exact) mass is 364 g/mol. The first-order valence-corrected chi connectivity index (χ1v) is 8.74. The summed E-state index contributed by atoms with van der Waals surface area (Å²) in [5.41, 5.74) is 2.96. The minimum Gasteiger partial charge on any atom is -0.497 e. The Morgan fingerprint density at radius 3 is 2.56 bits per heavy atom. The van der Waals surface area contributed by atoms with Crippen molar-refractivity contribution in [1.82, 2.24) is 15.2 Å². The number of hydrogen-bond acceptors (Lipinski definition) is 4. The van der Waals surface area contributed by atoms with Crippen LogP contribution < -0.4 is 10.1 Å². The molecule has 0 spiro atoms. The topological polar surface area (TPSA) is 62.9 Å². The number of guanidine groups is 1. The van der Waals surface area contributed by atoms with Crippen molar-refractivity contribution in [3.8, 4) is 17.2 Å². The molecule has 0 bridgehead atoms. The molecule has 0 unspecified atom stereocenters. The lowest BCUT2D eigenvalue weighted by atomic mass is 10.2. The van der Waals surface area contributed by atoms with Crippen LogP contribution in [0, 0.1) is 0 Å². The lowest BCUT2D eigenvalue weighted by Gasteiger charge is -2.22. The number of methoxy groups -OCH3 is 1. The van der Waals surface area contributed by atoms with E-state index in [0.717, 1.165) is 29.5 Å². The predicted octanol–water partition coefficient (Wildman–Crippen LogP) is 3.56. The molecular weight excluding hydrogens is 340 g/mol. The van der Waals surface area contributed by atoms with Crippen LogP contribution in [0.4, 0.5) is 0 Å². The van der Waals surface area contributed by atoms with E-state index >= 15 is 0 Å². The maximum Gasteiger partial charge on any atom is 0.226 e. The van der Waals surface area contributed by atoms with Gasteiger partial charge in [0.15, 0.2) is 5.96 Å². The first-order chi connectivity index (χ1) is 13.2. The highest BCUT2D eigenvalue weighted by Gasteiger charge is 2.10. The van der Waals surface area contributed by atoms with Gasteiger partial charge >= 0.3 is 0 Å². The van der Waals surface area contributed by atoms with Crippen molar-refractivity contribution in [2.45, 2.75) is 13.1 Å². The van der Waals surface area contributed by atoms with Crippen molar-refractivity contribution < 1.29 is 9.15 Å². The summed E-state index contributed by atoms with van der Waals surface area (Å²) in [6, 6.07) is 17.9. The van der Waals surface area contributed by atoms with Crippen LogP contribution in [0.2, 0.25) is 0 Å². The van der Waals surface area contributed by atoms with Crippen LogP contribution in [0.5, 0.6) is 5.75 Å². The number of aliphatic imine (C=N–C) groups is 1. The standard InChI is InChI=1S/C21H24N4O2/c1-22-21(25(2)14-16-9-11-19(26-3)12-10-16)23-13-18-15-27-20(24-18)17-7-5-4-6-8-17/h4-12,15H,13-14H2,1-3H3,(H,22,23). The summed E-state index contributed by atoms with van der Waals surface area (Å²) in [5.74, 6) is 2.26. The number of ether oxygens (including phenoxy) is 1. The SMILES string of the molecule is CN=C(NCc1coc(-c2ccccc2)n1)N(C)Cc1ccc(OC)cc1. The molecule has 3 aromatic rings. The van der Waals surface area contributed by atoms with Gasteiger partial charge in [-0.25, -0.2) is 4.98 Å². The number of rotatable bonds is 6. The van der Waals surface area contributed by atoms with E-state index in [4.69, 9.17) is 9.15 Å². The number of nitrogens with one attached hydrogen (secondary N) is 1. The zero-order valence-electron chi connectivity index (χ0n) is 15.8. The second-order valence-electron chi connectivity index (χ2n) is 6.11. The third-order valence-corrected chi connectivity index (χ3v) is 4.15. The molecule has 140 valence electrons. The summed E-state index contributed by atoms with van der Waals surface area (Å²) in [5, 5.41) is 3.32. The van der Waals surface area contributed by atoms with Gasteiger partial charge in [-0.3, -0.25) is 4.99 Å². The highest BCUT2D eigenvalue weighted by atomic mass is 16.5. The van der Waals surface area contributed by atoms with E-state index < -0.39 is 0 Å². The van der Waals surface area contributed by atoms with Crippen LogP contribution in [0.3, 0.4) is 0 Å². The van der Waals surface area contributed by atoms with Crippen molar-refractivity contribution in [2.75, 3.05) is 21.2 Å². The van der Waals surface area contributed by atoms with Gasteiger partial charge in [0.25, 0.3) is 0 Å². The first-order valence-electron chi connectivity index (χ1n) is 8.74. The minimum absolute atomic E-state index is 0.538. The van der Waals surface area contributed by atoms with Crippen LogP contribution in [-0.4, -0.2) is 37.0 Å². The Hall–Kier alpha value is -3.28. The molecule has 6 heteroatoms. The maximum atomic E-state index is 5.58. The molecule has 0 atom stereocenters. The smallest absolute Gasteiger partial charge is 0.226 e. The van der Waals surface area contributed by atoms with E-state index in [0.29, 0.717) is 12.4 Å². The van der Waals surface area contributed by atoms with E-state index in [9.17, 15) is 0 Å². The molecule has 1 heterocycles. The Morgan fingerprint density at radius 2 is 1.89 bits per heavy atom. The summed E-state index contributed by atoms with van der Waals surface area (Å²) in [6.45, 7) is 1.27. The first kappa shape index (κ1) is 18.5. The van der Waals surface area contributed by atoms with Gasteiger partial charge in [0.2, 0.25) is 5.89 Å². The van der Waals surface area contributed by atoms with Crippen molar-refractivity contribution in [1.29, 1.82) is 0 Å². The molecule has 2 aromatic carbocycles. The molecule has 0 amide bonds. The molecule has 0 saturated carbocycles. The van der Waals surface area contributed by atoms with E-state index in [-0.39, 0.29) is 0 Å². The molecule has 0 aliphatic rings. The van der Waals surface area contributed by atoms with Crippen LogP contribution in [0.25, 0.3) is 11.5 Å². The fourth-order valence-electron chi connectivity index (χ4n) is 2.74. The average molecular weight is 364 g/mol. The minimum atomic E-state index is 0.538. The molecule has 1 aromatic heterocycles. The Balaban J connectivity index is 1.57. The van der Waals surface area contributed by atoms with Gasteiger partial charge in [-0.2, -0.15) is 0 Å². The van der Waals surface area contributed by atoms with E-state index in [1.54, 1.807) is 20.4 Å². The van der Waals surface area contributed by atoms with Gasteiger partial charge in [0.05, 0.1) is 19.3 Å². The maximum absolute atomic E-state index is 5.58. The summed E-state index contributed by atoms with van der Waals surface area (Å²) < 4.78 is 10.8. The Kier molecular flexibility index (Phi) is 6.10. The van der Waals surface area contributed by atoms with Crippen LogP contribution in [-0.2, 0) is 13.1 Å². The molecule has 0 saturated heterocycles. The number of hydrogen-bond donors (Lipinski definition) is 1. The second-order valence-corrected chi connectivity index (χ2v) is 6.11. The summed E-state index contributed by atoms with van der Waals surface area (Å²) in [4.78, 5) is 10.9. The van der Waals surface area contributed by atoms with Gasteiger partial charge in [-0.15, -0.1) is 0 Å². The van der Waals surface area contributed by atoms with Gasteiger partial charge in [-0.1, -0.05) is 30.3 Å². The average Bonchev–Trinajstić information content (AvgIpc) is 3.19. The highest BCUT2D eigenvalue weighted by molar-refractivity contribution is 5.79. The summed E-state index contributed by atoms with van der Waals surface area (Å²) in [7, 11) is 5.43. The van der Waals surface area contributed by atoms with Crippen molar-refractivity contribution in [3.05, 3.63) is 72.1 Å². The third kappa shape index (κ3) is 4.88. The van der Waals surface area contributed by atoms with E-state index in [2.05, 4.69) is 20.2 Å². The zero-order chi connectivity index (χ0) is 19.1. The predicted molar refractivity (Wildman–Crippen MR) is 107 cm³/mol. The fraction of sp³-hybridized carbons (Fsp3) is 0.238. The van der Waals surface area contributed by atoms with Crippen LogP contribution >= 0.6 is 0 Å². The van der Waals surface area contributed by atoms with Crippen LogP contribution in [0.15, 0.2) is 70.3 Å². The van der Waals surface area contributed by atoms with E-state index in [1.807, 2.05) is 61.6 Å². The molecule has 27 heavy (non-hydrogen) atoms. The summed E-state index contributed by atoms with van der Waals surface area (Å²) >= 11 is 0. The Morgan fingerprint density at radius 1 is 1.15 bits per heavy atom. The van der Waals surface area contributed by atoms with Gasteiger partial charge < -0.3 is 19.4 Å². The van der Waals surface area contributed by atoms with Gasteiger partial charge in [0.1, 0.15) is 12.0 Å². The molecule has 3 rings (SSSR count). The number of nitrogens with zero attached hydrogens (tertiary/aromatic N) is 3. The Labute approximate surface area is 159 Å². The second kappa shape index (κ2) is 8.89. The lowest BCUT2D eigenvalue weighted by Crippen LogP contribution is -2.38. The van der Waals surface area contributed by atoms with Gasteiger partial charge in [0, 0.05) is 26.2 Å². The molecule has 0 radical (unpaired) electrons. The fourth-order valence-corrected chi connectivity index (χ4v) is 2.74. The van der Waals surface area contributed by atoms with Crippen molar-refractivity contribution in [2.24, 2.45) is 4.99 Å². The van der Waals surface area contributed by atoms with E-state index in [1.165, 1.54) is 5.56 Å². The Bertz CT molecular complexity index is 873.